The maximum Gasteiger partial charge on any atom is 0.326 e. The fourth-order valence-electron chi connectivity index (χ4n) is 4.48. The highest BCUT2D eigenvalue weighted by Gasteiger charge is 2.31. The molecule has 12 nitrogen and oxygen atoms in total. The number of carbonyl (C=O) groups is 4. The highest BCUT2D eigenvalue weighted by molar-refractivity contribution is 7.98. The molecule has 222 valence electrons. The van der Waals surface area contributed by atoms with Crippen LogP contribution in [0, 0.1) is 5.92 Å². The molecule has 3 amide bonds. The summed E-state index contributed by atoms with van der Waals surface area (Å²) in [6, 6.07) is 3.48. The van der Waals surface area contributed by atoms with Crippen molar-refractivity contribution in [1.29, 1.82) is 0 Å². The smallest absolute Gasteiger partial charge is 0.326 e. The van der Waals surface area contributed by atoms with Crippen molar-refractivity contribution in [2.24, 2.45) is 11.7 Å². The first-order chi connectivity index (χ1) is 19.6. The second-order valence-corrected chi connectivity index (χ2v) is 11.4. The summed E-state index contributed by atoms with van der Waals surface area (Å²) in [5.74, 6) is -2.25. The van der Waals surface area contributed by atoms with Gasteiger partial charge in [0.2, 0.25) is 17.7 Å². The molecule has 4 atom stereocenters. The van der Waals surface area contributed by atoms with Crippen molar-refractivity contribution >= 4 is 46.4 Å². The van der Waals surface area contributed by atoms with Crippen LogP contribution in [0.15, 0.2) is 43.0 Å². The molecular weight excluding hydrogens is 546 g/mol. The number of amides is 3. The van der Waals surface area contributed by atoms with Gasteiger partial charge in [-0.15, -0.1) is 0 Å². The van der Waals surface area contributed by atoms with Crippen molar-refractivity contribution < 1.29 is 24.3 Å². The number of nitrogens with two attached hydrogens (primary N) is 1. The Morgan fingerprint density at radius 2 is 1.66 bits per heavy atom. The van der Waals surface area contributed by atoms with Crippen molar-refractivity contribution in [3.63, 3.8) is 0 Å². The Hall–Kier alpha value is -3.84. The molecule has 13 heteroatoms. The molecule has 0 aliphatic rings. The standard InChI is InChI=1S/C28H39N7O5S/c1-16(2)10-24(28(39)40)35-27(38)23(11-17-13-31-21-7-5-4-6-19(17)21)34-26(37)22(8-9-41-3)33-25(36)20(29)12-18-14-30-15-32-18/h4-7,13-16,20,22-24,31H,8-12,29H2,1-3H3,(H,30,32)(H,33,36)(H,34,37)(H,35,38)(H,39,40). The number of carboxylic acid groups (broad SMARTS) is 1. The number of para-hydroxylation sites is 1. The molecule has 0 fully saturated rings. The Morgan fingerprint density at radius 1 is 0.976 bits per heavy atom. The SMILES string of the molecule is CSCCC(NC(=O)C(N)Cc1cnc[nH]1)C(=O)NC(Cc1c[nH]c2ccccc12)C(=O)NC(CC(C)C)C(=O)O. The molecule has 3 aromatic rings. The second kappa shape index (κ2) is 15.2. The van der Waals surface area contributed by atoms with Crippen molar-refractivity contribution in [3.05, 3.63) is 54.2 Å². The number of fused-ring (bicyclic) bond motifs is 1. The number of hydrogen-bond donors (Lipinski definition) is 7. The monoisotopic (exact) mass is 585 g/mol. The summed E-state index contributed by atoms with van der Waals surface area (Å²) in [6.45, 7) is 3.73. The number of aromatic nitrogens is 3. The lowest BCUT2D eigenvalue weighted by molar-refractivity contribution is -0.142. The number of benzene rings is 1. The van der Waals surface area contributed by atoms with E-state index < -0.39 is 47.9 Å². The average Bonchev–Trinajstić information content (AvgIpc) is 3.59. The lowest BCUT2D eigenvalue weighted by Crippen LogP contribution is -2.58. The summed E-state index contributed by atoms with van der Waals surface area (Å²) < 4.78 is 0. The summed E-state index contributed by atoms with van der Waals surface area (Å²) in [4.78, 5) is 61.7. The summed E-state index contributed by atoms with van der Waals surface area (Å²) in [7, 11) is 0. The predicted octanol–water partition coefficient (Wildman–Crippen LogP) is 1.34. The van der Waals surface area contributed by atoms with E-state index in [4.69, 9.17) is 5.73 Å². The molecule has 1 aromatic carbocycles. The number of imidazole rings is 1. The topological polar surface area (TPSA) is 195 Å². The van der Waals surface area contributed by atoms with Gasteiger partial charge in [0.05, 0.1) is 12.4 Å². The third-order valence-electron chi connectivity index (χ3n) is 6.63. The molecule has 0 radical (unpaired) electrons. The first kappa shape index (κ1) is 31.7. The largest absolute Gasteiger partial charge is 0.480 e. The fraction of sp³-hybridized carbons (Fsp3) is 0.464. The maximum atomic E-state index is 13.5. The van der Waals surface area contributed by atoms with Gasteiger partial charge in [0.15, 0.2) is 0 Å². The third kappa shape index (κ3) is 9.35. The van der Waals surface area contributed by atoms with E-state index in [2.05, 4.69) is 30.9 Å². The summed E-state index contributed by atoms with van der Waals surface area (Å²) in [5.41, 5.74) is 8.41. The Kier molecular flexibility index (Phi) is 11.8. The molecular formula is C28H39N7O5S. The van der Waals surface area contributed by atoms with Crippen LogP contribution in [0.1, 0.15) is 37.9 Å². The van der Waals surface area contributed by atoms with Crippen LogP contribution in [0.2, 0.25) is 0 Å². The van der Waals surface area contributed by atoms with Gasteiger partial charge < -0.3 is 36.8 Å². The molecule has 4 unspecified atom stereocenters. The molecule has 41 heavy (non-hydrogen) atoms. The number of nitrogens with zero attached hydrogens (tertiary/aromatic N) is 1. The van der Waals surface area contributed by atoms with Gasteiger partial charge in [-0.05, 0) is 42.4 Å². The molecule has 2 heterocycles. The second-order valence-electron chi connectivity index (χ2n) is 10.4. The minimum Gasteiger partial charge on any atom is -0.480 e. The Bertz CT molecular complexity index is 1310. The van der Waals surface area contributed by atoms with Crippen LogP contribution in [-0.2, 0) is 32.0 Å². The van der Waals surface area contributed by atoms with E-state index in [-0.39, 0.29) is 25.2 Å². The van der Waals surface area contributed by atoms with E-state index in [0.717, 1.165) is 16.5 Å². The van der Waals surface area contributed by atoms with Gasteiger partial charge in [0.1, 0.15) is 18.1 Å². The first-order valence-electron chi connectivity index (χ1n) is 13.5. The van der Waals surface area contributed by atoms with Gasteiger partial charge >= 0.3 is 5.97 Å². The van der Waals surface area contributed by atoms with E-state index in [0.29, 0.717) is 17.9 Å². The van der Waals surface area contributed by atoms with Crippen LogP contribution in [0.4, 0.5) is 0 Å². The van der Waals surface area contributed by atoms with Crippen molar-refractivity contribution in [2.75, 3.05) is 12.0 Å². The normalized spacial score (nSPS) is 14.3. The molecule has 0 aliphatic carbocycles. The lowest BCUT2D eigenvalue weighted by Gasteiger charge is -2.25. The number of carbonyl (C=O) groups excluding carboxylic acids is 3. The lowest BCUT2D eigenvalue weighted by atomic mass is 10.0. The molecule has 2 aromatic heterocycles. The van der Waals surface area contributed by atoms with Crippen molar-refractivity contribution in [3.8, 4) is 0 Å². The number of H-pyrrole nitrogens is 2. The number of rotatable bonds is 16. The first-order valence-corrected chi connectivity index (χ1v) is 14.9. The van der Waals surface area contributed by atoms with Gasteiger partial charge in [-0.25, -0.2) is 9.78 Å². The molecule has 0 spiro atoms. The zero-order valence-corrected chi connectivity index (χ0v) is 24.3. The van der Waals surface area contributed by atoms with Crippen LogP contribution >= 0.6 is 11.8 Å². The van der Waals surface area contributed by atoms with E-state index in [1.54, 1.807) is 12.4 Å². The number of hydrogen-bond acceptors (Lipinski definition) is 7. The van der Waals surface area contributed by atoms with Crippen LogP contribution in [0.5, 0.6) is 0 Å². The molecule has 0 bridgehead atoms. The van der Waals surface area contributed by atoms with Crippen LogP contribution in [0.25, 0.3) is 10.9 Å². The molecule has 8 N–H and O–H groups in total. The summed E-state index contributed by atoms with van der Waals surface area (Å²) in [5, 5.41) is 18.7. The zero-order valence-electron chi connectivity index (χ0n) is 23.5. The molecule has 0 aliphatic heterocycles. The quantitative estimate of drug-likeness (QED) is 0.131. The Morgan fingerprint density at radius 3 is 2.32 bits per heavy atom. The maximum absolute atomic E-state index is 13.5. The predicted molar refractivity (Wildman–Crippen MR) is 158 cm³/mol. The van der Waals surface area contributed by atoms with Gasteiger partial charge in [-0.2, -0.15) is 11.8 Å². The molecule has 0 saturated carbocycles. The van der Waals surface area contributed by atoms with Crippen molar-refractivity contribution in [1.82, 2.24) is 30.9 Å². The Balaban J connectivity index is 1.81. The van der Waals surface area contributed by atoms with Gasteiger partial charge in [0, 0.05) is 41.8 Å². The van der Waals surface area contributed by atoms with E-state index in [1.807, 2.05) is 44.4 Å². The van der Waals surface area contributed by atoms with E-state index in [1.165, 1.54) is 18.1 Å². The minimum absolute atomic E-state index is 0.0233. The van der Waals surface area contributed by atoms with Crippen LogP contribution in [0.3, 0.4) is 0 Å². The Labute approximate surface area is 243 Å². The van der Waals surface area contributed by atoms with Gasteiger partial charge in [0.25, 0.3) is 0 Å². The number of nitrogens with one attached hydrogen (secondary N) is 5. The highest BCUT2D eigenvalue weighted by Crippen LogP contribution is 2.19. The van der Waals surface area contributed by atoms with Crippen LogP contribution < -0.4 is 21.7 Å². The van der Waals surface area contributed by atoms with Gasteiger partial charge in [-0.3, -0.25) is 14.4 Å². The highest BCUT2D eigenvalue weighted by atomic mass is 32.2. The van der Waals surface area contributed by atoms with E-state index >= 15 is 0 Å². The fourth-order valence-corrected chi connectivity index (χ4v) is 4.95. The summed E-state index contributed by atoms with van der Waals surface area (Å²) in [6.07, 6.45) is 7.57. The number of thioether (sulfide) groups is 1. The van der Waals surface area contributed by atoms with Crippen molar-refractivity contribution in [2.45, 2.75) is 63.7 Å². The minimum atomic E-state index is -1.15. The molecule has 0 saturated heterocycles. The number of aliphatic carboxylic acids is 1. The van der Waals surface area contributed by atoms with Crippen LogP contribution in [-0.4, -0.2) is 79.9 Å². The van der Waals surface area contributed by atoms with Gasteiger partial charge in [-0.1, -0.05) is 32.0 Å². The average molecular weight is 586 g/mol. The van der Waals surface area contributed by atoms with E-state index in [9.17, 15) is 24.3 Å². The third-order valence-corrected chi connectivity index (χ3v) is 7.27. The number of carboxylic acids is 1. The zero-order chi connectivity index (χ0) is 29.9. The molecule has 3 rings (SSSR count). The number of aromatic amines is 2. The summed E-state index contributed by atoms with van der Waals surface area (Å²) >= 11 is 1.51.